The summed E-state index contributed by atoms with van der Waals surface area (Å²) in [6.07, 6.45) is 4.33. The van der Waals surface area contributed by atoms with Gasteiger partial charge in [-0.05, 0) is 37.4 Å². The summed E-state index contributed by atoms with van der Waals surface area (Å²) in [7, 11) is 0. The highest BCUT2D eigenvalue weighted by atomic mass is 16.1. The molecule has 0 unspecified atom stereocenters. The molecule has 0 aliphatic carbocycles. The highest BCUT2D eigenvalue weighted by Crippen LogP contribution is 2.18. The molecule has 1 amide bonds. The highest BCUT2D eigenvalue weighted by molar-refractivity contribution is 5.90. The number of para-hydroxylation sites is 1. The van der Waals surface area contributed by atoms with Crippen molar-refractivity contribution >= 4 is 11.6 Å². The van der Waals surface area contributed by atoms with Gasteiger partial charge in [-0.25, -0.2) is 0 Å². The van der Waals surface area contributed by atoms with Gasteiger partial charge in [-0.15, -0.1) is 0 Å². The minimum atomic E-state index is 0.112. The molecule has 1 aromatic carbocycles. The second kappa shape index (κ2) is 6.55. The second-order valence-corrected chi connectivity index (χ2v) is 5.15. The summed E-state index contributed by atoms with van der Waals surface area (Å²) in [5, 5.41) is 6.45. The number of amides is 1. The van der Waals surface area contributed by atoms with Crippen molar-refractivity contribution in [3.05, 3.63) is 30.3 Å². The molecule has 2 atom stereocenters. The lowest BCUT2D eigenvalue weighted by Gasteiger charge is -2.28. The van der Waals surface area contributed by atoms with Crippen LogP contribution < -0.4 is 10.6 Å². The van der Waals surface area contributed by atoms with Gasteiger partial charge in [0.05, 0.1) is 0 Å². The van der Waals surface area contributed by atoms with Crippen LogP contribution in [0.3, 0.4) is 0 Å². The molecule has 18 heavy (non-hydrogen) atoms. The fraction of sp³-hybridized carbons (Fsp3) is 0.533. The van der Waals surface area contributed by atoms with Crippen LogP contribution in [0, 0.1) is 5.92 Å². The first-order chi connectivity index (χ1) is 8.75. The molecule has 0 saturated carbocycles. The number of piperidine rings is 1. The zero-order valence-corrected chi connectivity index (χ0v) is 11.0. The average molecular weight is 246 g/mol. The fourth-order valence-electron chi connectivity index (χ4n) is 2.53. The molecule has 3 nitrogen and oxygen atoms in total. The normalized spacial score (nSPS) is 21.3. The SMILES string of the molecule is C[C@@H](CC(=O)Nc1ccccc1)[C@@H]1CCCCN1. The summed E-state index contributed by atoms with van der Waals surface area (Å²) in [5.74, 6) is 0.509. The van der Waals surface area contributed by atoms with Crippen LogP contribution in [-0.2, 0) is 4.79 Å². The molecule has 0 radical (unpaired) electrons. The molecule has 0 spiro atoms. The first-order valence-electron chi connectivity index (χ1n) is 6.84. The number of carbonyl (C=O) groups excluding carboxylic acids is 1. The number of hydrogen-bond acceptors (Lipinski definition) is 2. The van der Waals surface area contributed by atoms with Gasteiger partial charge in [0.15, 0.2) is 0 Å². The molecule has 0 aromatic heterocycles. The molecule has 1 aliphatic heterocycles. The van der Waals surface area contributed by atoms with Crippen LogP contribution in [-0.4, -0.2) is 18.5 Å². The maximum absolute atomic E-state index is 11.9. The van der Waals surface area contributed by atoms with Crippen molar-refractivity contribution in [1.82, 2.24) is 5.32 Å². The maximum atomic E-state index is 11.9. The smallest absolute Gasteiger partial charge is 0.224 e. The lowest BCUT2D eigenvalue weighted by Crippen LogP contribution is -2.40. The largest absolute Gasteiger partial charge is 0.326 e. The van der Waals surface area contributed by atoms with Crippen molar-refractivity contribution in [2.24, 2.45) is 5.92 Å². The van der Waals surface area contributed by atoms with Gasteiger partial charge in [-0.1, -0.05) is 31.5 Å². The van der Waals surface area contributed by atoms with Crippen molar-refractivity contribution in [3.8, 4) is 0 Å². The molecule has 98 valence electrons. The van der Waals surface area contributed by atoms with Crippen molar-refractivity contribution in [1.29, 1.82) is 0 Å². The number of rotatable bonds is 4. The first kappa shape index (κ1) is 13.1. The lowest BCUT2D eigenvalue weighted by molar-refractivity contribution is -0.117. The van der Waals surface area contributed by atoms with E-state index in [2.05, 4.69) is 17.6 Å². The van der Waals surface area contributed by atoms with E-state index in [1.165, 1.54) is 19.3 Å². The number of benzene rings is 1. The lowest BCUT2D eigenvalue weighted by atomic mass is 9.91. The van der Waals surface area contributed by atoms with Gasteiger partial charge in [0, 0.05) is 18.2 Å². The van der Waals surface area contributed by atoms with Gasteiger partial charge in [0.1, 0.15) is 0 Å². The third-order valence-corrected chi connectivity index (χ3v) is 3.60. The number of nitrogens with one attached hydrogen (secondary N) is 2. The zero-order valence-electron chi connectivity index (χ0n) is 11.0. The Kier molecular flexibility index (Phi) is 4.76. The fourth-order valence-corrected chi connectivity index (χ4v) is 2.53. The minimum Gasteiger partial charge on any atom is -0.326 e. The van der Waals surface area contributed by atoms with E-state index in [1.54, 1.807) is 0 Å². The Balaban J connectivity index is 1.79. The van der Waals surface area contributed by atoms with Gasteiger partial charge in [0.2, 0.25) is 5.91 Å². The van der Waals surface area contributed by atoms with Gasteiger partial charge in [0.25, 0.3) is 0 Å². The van der Waals surface area contributed by atoms with Gasteiger partial charge >= 0.3 is 0 Å². The van der Waals surface area contributed by atoms with Crippen molar-refractivity contribution in [2.75, 3.05) is 11.9 Å². The highest BCUT2D eigenvalue weighted by Gasteiger charge is 2.21. The molecule has 1 aliphatic rings. The maximum Gasteiger partial charge on any atom is 0.224 e. The molecule has 1 aromatic rings. The third kappa shape index (κ3) is 3.84. The number of carbonyl (C=O) groups is 1. The summed E-state index contributed by atoms with van der Waals surface area (Å²) in [6, 6.07) is 10.1. The molecule has 1 heterocycles. The number of anilines is 1. The van der Waals surface area contributed by atoms with E-state index in [1.807, 2.05) is 30.3 Å². The Hall–Kier alpha value is -1.35. The van der Waals surface area contributed by atoms with Crippen molar-refractivity contribution in [3.63, 3.8) is 0 Å². The predicted octanol–water partition coefficient (Wildman–Crippen LogP) is 2.79. The summed E-state index contributed by atoms with van der Waals surface area (Å²) >= 11 is 0. The summed E-state index contributed by atoms with van der Waals surface area (Å²) in [5.41, 5.74) is 0.881. The van der Waals surface area contributed by atoms with Crippen LogP contribution in [0.25, 0.3) is 0 Å². The molecular weight excluding hydrogens is 224 g/mol. The van der Waals surface area contributed by atoms with Crippen molar-refractivity contribution < 1.29 is 4.79 Å². The van der Waals surface area contributed by atoms with Crippen molar-refractivity contribution in [2.45, 2.75) is 38.6 Å². The van der Waals surface area contributed by atoms with Gasteiger partial charge < -0.3 is 10.6 Å². The minimum absolute atomic E-state index is 0.112. The monoisotopic (exact) mass is 246 g/mol. The molecule has 1 saturated heterocycles. The number of hydrogen-bond donors (Lipinski definition) is 2. The summed E-state index contributed by atoms with van der Waals surface area (Å²) < 4.78 is 0. The van der Waals surface area contributed by atoms with Crippen LogP contribution in [0.5, 0.6) is 0 Å². The quantitative estimate of drug-likeness (QED) is 0.857. The molecule has 3 heteroatoms. The average Bonchev–Trinajstić information content (AvgIpc) is 2.40. The van der Waals surface area contributed by atoms with Gasteiger partial charge in [-0.3, -0.25) is 4.79 Å². The van der Waals surface area contributed by atoms with Crippen LogP contribution in [0.1, 0.15) is 32.6 Å². The second-order valence-electron chi connectivity index (χ2n) is 5.15. The first-order valence-corrected chi connectivity index (χ1v) is 6.84. The van der Waals surface area contributed by atoms with Crippen LogP contribution in [0.2, 0.25) is 0 Å². The van der Waals surface area contributed by atoms with Gasteiger partial charge in [-0.2, -0.15) is 0 Å². The molecular formula is C15H22N2O. The van der Waals surface area contributed by atoms with E-state index < -0.39 is 0 Å². The van der Waals surface area contributed by atoms with E-state index >= 15 is 0 Å². The standard InChI is InChI=1S/C15H22N2O/c1-12(14-9-5-6-10-16-14)11-15(18)17-13-7-3-2-4-8-13/h2-4,7-8,12,14,16H,5-6,9-11H2,1H3,(H,17,18)/t12-,14-/m0/s1. The van der Waals surface area contributed by atoms with E-state index in [0.29, 0.717) is 18.4 Å². The van der Waals surface area contributed by atoms with Crippen LogP contribution in [0.15, 0.2) is 30.3 Å². The Bertz CT molecular complexity index is 371. The van der Waals surface area contributed by atoms with E-state index in [-0.39, 0.29) is 5.91 Å². The summed E-state index contributed by atoms with van der Waals surface area (Å²) in [4.78, 5) is 11.9. The molecule has 2 rings (SSSR count). The predicted molar refractivity (Wildman–Crippen MR) is 74.5 cm³/mol. The Morgan fingerprint density at radius 2 is 2.17 bits per heavy atom. The van der Waals surface area contributed by atoms with E-state index in [4.69, 9.17) is 0 Å². The zero-order chi connectivity index (χ0) is 12.8. The van der Waals surface area contributed by atoms with E-state index in [9.17, 15) is 4.79 Å². The molecule has 0 bridgehead atoms. The Morgan fingerprint density at radius 1 is 1.39 bits per heavy atom. The van der Waals surface area contributed by atoms with E-state index in [0.717, 1.165) is 12.2 Å². The summed E-state index contributed by atoms with van der Waals surface area (Å²) in [6.45, 7) is 3.25. The molecule has 2 N–H and O–H groups in total. The van der Waals surface area contributed by atoms with Crippen LogP contribution in [0.4, 0.5) is 5.69 Å². The Morgan fingerprint density at radius 3 is 2.83 bits per heavy atom. The topological polar surface area (TPSA) is 41.1 Å². The molecule has 1 fully saturated rings. The Labute approximate surface area is 109 Å². The van der Waals surface area contributed by atoms with Crippen LogP contribution >= 0.6 is 0 Å². The third-order valence-electron chi connectivity index (χ3n) is 3.60.